The van der Waals surface area contributed by atoms with Gasteiger partial charge in [0.05, 0.1) is 6.54 Å². The van der Waals surface area contributed by atoms with E-state index in [-0.39, 0.29) is 5.82 Å². The van der Waals surface area contributed by atoms with E-state index in [0.717, 1.165) is 6.42 Å². The summed E-state index contributed by atoms with van der Waals surface area (Å²) in [5, 5.41) is 8.50. The van der Waals surface area contributed by atoms with E-state index >= 15 is 0 Å². The highest BCUT2D eigenvalue weighted by atomic mass is 35.5. The van der Waals surface area contributed by atoms with E-state index < -0.39 is 0 Å². The fraction of sp³-hybridized carbons (Fsp3) is 0.579. The van der Waals surface area contributed by atoms with Crippen molar-refractivity contribution in [2.45, 2.75) is 59.2 Å². The minimum atomic E-state index is -0.268. The molecule has 1 fully saturated rings. The summed E-state index contributed by atoms with van der Waals surface area (Å²) < 4.78 is 19.9. The summed E-state index contributed by atoms with van der Waals surface area (Å²) in [5.41, 5.74) is 0.533. The fourth-order valence-corrected chi connectivity index (χ4v) is 4.04. The minimum absolute atomic E-state index is 0.268. The lowest BCUT2D eigenvalue weighted by molar-refractivity contribution is 0.0607. The molecule has 0 bridgehead atoms. The third-order valence-electron chi connectivity index (χ3n) is 5.46. The predicted molar refractivity (Wildman–Crippen MR) is 95.7 cm³/mol. The van der Waals surface area contributed by atoms with E-state index in [1.54, 1.807) is 19.1 Å². The van der Waals surface area contributed by atoms with Gasteiger partial charge in [0.15, 0.2) is 0 Å². The molecule has 136 valence electrons. The van der Waals surface area contributed by atoms with Gasteiger partial charge in [0, 0.05) is 30.1 Å². The molecule has 0 radical (unpaired) electrons. The Bertz CT molecular complexity index is 700. The fourth-order valence-electron chi connectivity index (χ4n) is 3.82. The molecule has 0 spiro atoms. The summed E-state index contributed by atoms with van der Waals surface area (Å²) in [7, 11) is 0. The van der Waals surface area contributed by atoms with Gasteiger partial charge in [-0.15, -0.1) is 10.2 Å². The largest absolute Gasteiger partial charge is 0.424 e. The lowest BCUT2D eigenvalue weighted by Gasteiger charge is -2.41. The van der Waals surface area contributed by atoms with Crippen molar-refractivity contribution in [2.24, 2.45) is 11.8 Å². The van der Waals surface area contributed by atoms with Gasteiger partial charge in [-0.05, 0) is 30.4 Å². The standard InChI is InChI=1S/C19H25ClFN3O/c1-12-6-4-9-18(13(12)2)24(11-19-23-22-14(3)25-19)10-15-16(20)7-5-8-17(15)21/h5,7-8,12-13,18H,4,6,9-11H2,1-3H3. The second kappa shape index (κ2) is 7.83. The zero-order valence-corrected chi connectivity index (χ0v) is 15.8. The molecule has 4 nitrogen and oxygen atoms in total. The van der Waals surface area contributed by atoms with Gasteiger partial charge in [-0.1, -0.05) is 44.4 Å². The molecule has 6 heteroatoms. The molecule has 1 aliphatic carbocycles. The second-order valence-electron chi connectivity index (χ2n) is 7.15. The number of rotatable bonds is 5. The molecule has 0 aliphatic heterocycles. The Hall–Kier alpha value is -1.46. The molecular weight excluding hydrogens is 341 g/mol. The smallest absolute Gasteiger partial charge is 0.230 e. The monoisotopic (exact) mass is 365 g/mol. The molecule has 1 aromatic carbocycles. The highest BCUT2D eigenvalue weighted by Gasteiger charge is 2.33. The van der Waals surface area contributed by atoms with Crippen LogP contribution in [0.5, 0.6) is 0 Å². The van der Waals surface area contributed by atoms with Gasteiger partial charge in [0.2, 0.25) is 11.8 Å². The number of benzene rings is 1. The van der Waals surface area contributed by atoms with E-state index in [4.69, 9.17) is 16.0 Å². The van der Waals surface area contributed by atoms with Crippen molar-refractivity contribution in [3.63, 3.8) is 0 Å². The first-order valence-corrected chi connectivity index (χ1v) is 9.29. The van der Waals surface area contributed by atoms with Gasteiger partial charge in [0.25, 0.3) is 0 Å². The van der Waals surface area contributed by atoms with Gasteiger partial charge in [-0.3, -0.25) is 4.90 Å². The van der Waals surface area contributed by atoms with Crippen molar-refractivity contribution in [2.75, 3.05) is 0 Å². The van der Waals surface area contributed by atoms with Crippen molar-refractivity contribution in [3.05, 3.63) is 46.4 Å². The highest BCUT2D eigenvalue weighted by Crippen LogP contribution is 2.35. The first kappa shape index (κ1) is 18.3. The van der Waals surface area contributed by atoms with Gasteiger partial charge >= 0.3 is 0 Å². The number of nitrogens with zero attached hydrogens (tertiary/aromatic N) is 3. The summed E-state index contributed by atoms with van der Waals surface area (Å²) in [4.78, 5) is 2.25. The Kier molecular flexibility index (Phi) is 5.74. The average Bonchev–Trinajstić information content (AvgIpc) is 2.98. The number of aryl methyl sites for hydroxylation is 1. The molecular formula is C19H25ClFN3O. The first-order chi connectivity index (χ1) is 12.0. The van der Waals surface area contributed by atoms with Crippen LogP contribution in [-0.2, 0) is 13.1 Å². The quantitative estimate of drug-likeness (QED) is 0.747. The van der Waals surface area contributed by atoms with E-state index in [0.29, 0.717) is 53.3 Å². The number of hydrogen-bond donors (Lipinski definition) is 0. The Balaban J connectivity index is 1.88. The van der Waals surface area contributed by atoms with Crippen molar-refractivity contribution < 1.29 is 8.81 Å². The normalized spacial score (nSPS) is 24.0. The van der Waals surface area contributed by atoms with E-state index in [9.17, 15) is 4.39 Å². The third kappa shape index (κ3) is 4.21. The summed E-state index contributed by atoms with van der Waals surface area (Å²) in [6, 6.07) is 5.18. The first-order valence-electron chi connectivity index (χ1n) is 8.91. The van der Waals surface area contributed by atoms with Crippen molar-refractivity contribution in [1.82, 2.24) is 15.1 Å². The SMILES string of the molecule is Cc1nnc(CN(Cc2c(F)cccc2Cl)C2CCCC(C)C2C)o1. The van der Waals surface area contributed by atoms with Gasteiger partial charge < -0.3 is 4.42 Å². The summed E-state index contributed by atoms with van der Waals surface area (Å²) >= 11 is 6.27. The zero-order chi connectivity index (χ0) is 18.0. The summed E-state index contributed by atoms with van der Waals surface area (Å²) in [6.45, 7) is 7.30. The van der Waals surface area contributed by atoms with Gasteiger partial charge in [-0.25, -0.2) is 4.39 Å². The number of halogens is 2. The van der Waals surface area contributed by atoms with Crippen LogP contribution in [0.25, 0.3) is 0 Å². The van der Waals surface area contributed by atoms with Crippen LogP contribution in [0, 0.1) is 24.6 Å². The summed E-state index contributed by atoms with van der Waals surface area (Å²) in [6.07, 6.45) is 3.51. The number of aromatic nitrogens is 2. The average molecular weight is 366 g/mol. The van der Waals surface area contributed by atoms with Gasteiger partial charge in [0.1, 0.15) is 5.82 Å². The molecule has 0 saturated heterocycles. The molecule has 1 heterocycles. The predicted octanol–water partition coefficient (Wildman–Crippen LogP) is 5.00. The molecule has 2 aromatic rings. The van der Waals surface area contributed by atoms with E-state index in [2.05, 4.69) is 28.9 Å². The Morgan fingerprint density at radius 3 is 2.72 bits per heavy atom. The maximum Gasteiger partial charge on any atom is 0.230 e. The van der Waals surface area contributed by atoms with E-state index in [1.807, 2.05) is 0 Å². The third-order valence-corrected chi connectivity index (χ3v) is 5.82. The molecule has 3 rings (SSSR count). The van der Waals surface area contributed by atoms with Crippen LogP contribution < -0.4 is 0 Å². The van der Waals surface area contributed by atoms with Crippen molar-refractivity contribution in [3.8, 4) is 0 Å². The van der Waals surface area contributed by atoms with Crippen molar-refractivity contribution in [1.29, 1.82) is 0 Å². The minimum Gasteiger partial charge on any atom is -0.424 e. The lowest BCUT2D eigenvalue weighted by atomic mass is 9.77. The molecule has 0 N–H and O–H groups in total. The zero-order valence-electron chi connectivity index (χ0n) is 15.0. The number of hydrogen-bond acceptors (Lipinski definition) is 4. The van der Waals surface area contributed by atoms with Crippen LogP contribution in [0.3, 0.4) is 0 Å². The van der Waals surface area contributed by atoms with Crippen LogP contribution in [-0.4, -0.2) is 21.1 Å². The maximum absolute atomic E-state index is 14.3. The van der Waals surface area contributed by atoms with Crippen LogP contribution in [0.2, 0.25) is 5.02 Å². The second-order valence-corrected chi connectivity index (χ2v) is 7.56. The summed E-state index contributed by atoms with van der Waals surface area (Å²) in [5.74, 6) is 2.00. The topological polar surface area (TPSA) is 42.2 Å². The molecule has 0 amide bonds. The van der Waals surface area contributed by atoms with Crippen molar-refractivity contribution >= 4 is 11.6 Å². The molecule has 1 aromatic heterocycles. The molecule has 3 atom stereocenters. The molecule has 3 unspecified atom stereocenters. The van der Waals surface area contributed by atoms with Crippen LogP contribution in [0.4, 0.5) is 4.39 Å². The lowest BCUT2D eigenvalue weighted by Crippen LogP contribution is -2.43. The van der Waals surface area contributed by atoms with Gasteiger partial charge in [-0.2, -0.15) is 0 Å². The molecule has 25 heavy (non-hydrogen) atoms. The Morgan fingerprint density at radius 1 is 1.24 bits per heavy atom. The molecule has 1 aliphatic rings. The van der Waals surface area contributed by atoms with E-state index in [1.165, 1.54) is 18.9 Å². The van der Waals surface area contributed by atoms with Crippen LogP contribution in [0.1, 0.15) is 50.5 Å². The van der Waals surface area contributed by atoms with Crippen LogP contribution >= 0.6 is 11.6 Å². The maximum atomic E-state index is 14.3. The molecule has 1 saturated carbocycles. The van der Waals surface area contributed by atoms with Crippen LogP contribution in [0.15, 0.2) is 22.6 Å². The Morgan fingerprint density at radius 2 is 2.04 bits per heavy atom. The highest BCUT2D eigenvalue weighted by molar-refractivity contribution is 6.31. The Labute approximate surface area is 153 Å².